The molecule has 0 saturated carbocycles. The highest BCUT2D eigenvalue weighted by Gasteiger charge is 2.26. The fourth-order valence-corrected chi connectivity index (χ4v) is 10.2. The van der Waals surface area contributed by atoms with Crippen LogP contribution in [0.4, 0.5) is 17.1 Å². The predicted molar refractivity (Wildman–Crippen MR) is 274 cm³/mol. The van der Waals surface area contributed by atoms with Crippen LogP contribution in [0, 0.1) is 0 Å². The molecule has 3 nitrogen and oxygen atoms in total. The van der Waals surface area contributed by atoms with Crippen molar-refractivity contribution in [3.8, 4) is 39.1 Å². The molecule has 304 valence electrons. The number of fused-ring (bicyclic) bond motifs is 8. The maximum Gasteiger partial charge on any atom is 0.145 e. The number of benzene rings is 11. The molecule has 2 heterocycles. The maximum absolute atomic E-state index is 6.88. The standard InChI is InChI=1S/C62H40N2O/c1-2-16-44(17-3-1)51-38-39-58(61-53-27-9-11-33-59(53)65-62(51)61)63(47-36-34-41(35-37-47)45-22-12-23-46(40-45)49-28-13-20-42-18-4-6-24-48(42)49)56-31-15-32-57-60(56)52-26-8-10-29-55(52)64(57)54-30-14-21-43-19-5-7-25-50(43)54/h1-40H. The van der Waals surface area contributed by atoms with Gasteiger partial charge in [0.15, 0.2) is 0 Å². The largest absolute Gasteiger partial charge is 0.455 e. The van der Waals surface area contributed by atoms with Crippen LogP contribution < -0.4 is 4.90 Å². The van der Waals surface area contributed by atoms with Crippen molar-refractivity contribution in [1.82, 2.24) is 4.57 Å². The average molecular weight is 829 g/mol. The van der Waals surface area contributed by atoms with Crippen LogP contribution in [-0.2, 0) is 0 Å². The van der Waals surface area contributed by atoms with E-state index in [1.807, 2.05) is 0 Å². The van der Waals surface area contributed by atoms with Gasteiger partial charge in [0, 0.05) is 32.8 Å². The van der Waals surface area contributed by atoms with Gasteiger partial charge in [-0.25, -0.2) is 0 Å². The molecule has 0 aliphatic rings. The van der Waals surface area contributed by atoms with Gasteiger partial charge in [0.25, 0.3) is 0 Å². The fourth-order valence-electron chi connectivity index (χ4n) is 10.2. The molecule has 13 aromatic rings. The lowest BCUT2D eigenvalue weighted by molar-refractivity contribution is 0.670. The summed E-state index contributed by atoms with van der Waals surface area (Å²) in [6, 6.07) is 87.6. The summed E-state index contributed by atoms with van der Waals surface area (Å²) < 4.78 is 9.33. The summed E-state index contributed by atoms with van der Waals surface area (Å²) in [5.41, 5.74) is 15.3. The minimum Gasteiger partial charge on any atom is -0.455 e. The van der Waals surface area contributed by atoms with E-state index in [9.17, 15) is 0 Å². The van der Waals surface area contributed by atoms with Gasteiger partial charge in [0.2, 0.25) is 0 Å². The molecule has 0 radical (unpaired) electrons. The molecule has 0 N–H and O–H groups in total. The zero-order valence-electron chi connectivity index (χ0n) is 35.4. The summed E-state index contributed by atoms with van der Waals surface area (Å²) in [5, 5.41) is 9.43. The van der Waals surface area contributed by atoms with Crippen LogP contribution >= 0.6 is 0 Å². The van der Waals surface area contributed by atoms with Crippen LogP contribution in [0.2, 0.25) is 0 Å². The van der Waals surface area contributed by atoms with Crippen molar-refractivity contribution in [2.45, 2.75) is 0 Å². The molecular formula is C62H40N2O. The summed E-state index contributed by atoms with van der Waals surface area (Å²) in [6.45, 7) is 0. The fraction of sp³-hybridized carbons (Fsp3) is 0. The van der Waals surface area contributed by atoms with E-state index in [4.69, 9.17) is 4.42 Å². The van der Waals surface area contributed by atoms with Crippen LogP contribution in [0.25, 0.3) is 104 Å². The molecule has 0 bridgehead atoms. The molecule has 3 heteroatoms. The second kappa shape index (κ2) is 15.0. The lowest BCUT2D eigenvalue weighted by Gasteiger charge is -2.28. The highest BCUT2D eigenvalue weighted by molar-refractivity contribution is 6.21. The molecule has 0 unspecified atom stereocenters. The van der Waals surface area contributed by atoms with E-state index < -0.39 is 0 Å². The summed E-state index contributed by atoms with van der Waals surface area (Å²) in [5.74, 6) is 0. The number of para-hydroxylation sites is 2. The number of hydrogen-bond donors (Lipinski definition) is 0. The molecule has 65 heavy (non-hydrogen) atoms. The van der Waals surface area contributed by atoms with Crippen molar-refractivity contribution in [1.29, 1.82) is 0 Å². The summed E-state index contributed by atoms with van der Waals surface area (Å²) in [7, 11) is 0. The topological polar surface area (TPSA) is 21.3 Å². The van der Waals surface area contributed by atoms with Gasteiger partial charge in [0.05, 0.1) is 33.5 Å². The van der Waals surface area contributed by atoms with Gasteiger partial charge in [-0.15, -0.1) is 0 Å². The van der Waals surface area contributed by atoms with Gasteiger partial charge in [-0.1, -0.05) is 182 Å². The zero-order valence-corrected chi connectivity index (χ0v) is 35.4. The van der Waals surface area contributed by atoms with Crippen LogP contribution in [0.5, 0.6) is 0 Å². The van der Waals surface area contributed by atoms with E-state index in [1.54, 1.807) is 0 Å². The van der Waals surface area contributed by atoms with Crippen LogP contribution in [0.3, 0.4) is 0 Å². The molecule has 11 aromatic carbocycles. The molecule has 0 saturated heterocycles. The molecule has 0 aliphatic heterocycles. The average Bonchev–Trinajstić information content (AvgIpc) is 3.94. The van der Waals surface area contributed by atoms with Gasteiger partial charge in [-0.3, -0.25) is 0 Å². The Kier molecular flexibility index (Phi) is 8.53. The Morgan fingerprint density at radius 1 is 0.338 bits per heavy atom. The number of hydrogen-bond acceptors (Lipinski definition) is 2. The van der Waals surface area contributed by atoms with Gasteiger partial charge in [0.1, 0.15) is 11.2 Å². The number of rotatable bonds is 7. The monoisotopic (exact) mass is 828 g/mol. The zero-order chi connectivity index (χ0) is 42.8. The van der Waals surface area contributed by atoms with Crippen molar-refractivity contribution >= 4 is 82.4 Å². The minimum absolute atomic E-state index is 0.860. The Hall–Kier alpha value is -8.66. The predicted octanol–water partition coefficient (Wildman–Crippen LogP) is 17.5. The summed E-state index contributed by atoms with van der Waals surface area (Å²) in [4.78, 5) is 2.46. The Balaban J connectivity index is 1.06. The van der Waals surface area contributed by atoms with E-state index in [1.165, 1.54) is 49.0 Å². The molecular weight excluding hydrogens is 789 g/mol. The second-order valence-corrected chi connectivity index (χ2v) is 16.8. The molecule has 0 fully saturated rings. The van der Waals surface area contributed by atoms with E-state index in [0.717, 1.165) is 72.4 Å². The smallest absolute Gasteiger partial charge is 0.145 e. The van der Waals surface area contributed by atoms with Crippen LogP contribution in [0.15, 0.2) is 247 Å². The third-order valence-corrected chi connectivity index (χ3v) is 13.2. The summed E-state index contributed by atoms with van der Waals surface area (Å²) >= 11 is 0. The molecule has 0 atom stereocenters. The van der Waals surface area contributed by atoms with Crippen LogP contribution in [-0.4, -0.2) is 4.57 Å². The number of anilines is 3. The number of furan rings is 1. The minimum atomic E-state index is 0.860. The number of nitrogens with zero attached hydrogens (tertiary/aromatic N) is 2. The van der Waals surface area contributed by atoms with Gasteiger partial charge in [-0.05, 0) is 105 Å². The highest BCUT2D eigenvalue weighted by Crippen LogP contribution is 2.49. The molecule has 13 rings (SSSR count). The van der Waals surface area contributed by atoms with Gasteiger partial charge < -0.3 is 13.9 Å². The van der Waals surface area contributed by atoms with Gasteiger partial charge in [-0.2, -0.15) is 0 Å². The molecule has 2 aromatic heterocycles. The van der Waals surface area contributed by atoms with Crippen molar-refractivity contribution in [2.24, 2.45) is 0 Å². The Morgan fingerprint density at radius 2 is 0.938 bits per heavy atom. The van der Waals surface area contributed by atoms with Crippen LogP contribution in [0.1, 0.15) is 0 Å². The SMILES string of the molecule is c1ccc(-c2ccc(N(c3ccc(-c4cccc(-c5cccc6ccccc56)c4)cc3)c3cccc4c3c3ccccc3n4-c3cccc4ccccc34)c3c2oc2ccccc23)cc1. The van der Waals surface area contributed by atoms with E-state index >= 15 is 0 Å². The van der Waals surface area contributed by atoms with Crippen molar-refractivity contribution < 1.29 is 4.42 Å². The quantitative estimate of drug-likeness (QED) is 0.160. The first-order valence-corrected chi connectivity index (χ1v) is 22.3. The Morgan fingerprint density at radius 3 is 1.78 bits per heavy atom. The Labute approximate surface area is 376 Å². The second-order valence-electron chi connectivity index (χ2n) is 16.8. The highest BCUT2D eigenvalue weighted by atomic mass is 16.3. The maximum atomic E-state index is 6.88. The van der Waals surface area contributed by atoms with Crippen molar-refractivity contribution in [2.75, 3.05) is 4.90 Å². The third-order valence-electron chi connectivity index (χ3n) is 13.2. The van der Waals surface area contributed by atoms with Crippen molar-refractivity contribution in [3.63, 3.8) is 0 Å². The molecule has 0 amide bonds. The summed E-state index contributed by atoms with van der Waals surface area (Å²) in [6.07, 6.45) is 0. The lowest BCUT2D eigenvalue weighted by atomic mass is 9.95. The van der Waals surface area contributed by atoms with E-state index in [-0.39, 0.29) is 0 Å². The Bertz CT molecular complexity index is 3940. The number of aromatic nitrogens is 1. The third kappa shape index (κ3) is 5.97. The van der Waals surface area contributed by atoms with Crippen molar-refractivity contribution in [3.05, 3.63) is 243 Å². The van der Waals surface area contributed by atoms with E-state index in [0.29, 0.717) is 0 Å². The lowest BCUT2D eigenvalue weighted by Crippen LogP contribution is -2.11. The molecule has 0 aliphatic carbocycles. The van der Waals surface area contributed by atoms with E-state index in [2.05, 4.69) is 252 Å². The van der Waals surface area contributed by atoms with Gasteiger partial charge >= 0.3 is 0 Å². The molecule has 0 spiro atoms. The normalized spacial score (nSPS) is 11.7. The first-order valence-electron chi connectivity index (χ1n) is 22.3. The first-order chi connectivity index (χ1) is 32.3. The first kappa shape index (κ1) is 36.9.